The normalized spacial score (nSPS) is 21.8. The Morgan fingerprint density at radius 2 is 2.17 bits per heavy atom. The highest BCUT2D eigenvalue weighted by molar-refractivity contribution is 7.89. The maximum absolute atomic E-state index is 14.1. The first kappa shape index (κ1) is 18.8. The maximum atomic E-state index is 14.1. The Morgan fingerprint density at radius 3 is 2.75 bits per heavy atom. The first-order valence-electron chi connectivity index (χ1n) is 7.95. The second kappa shape index (κ2) is 7.16. The van der Waals surface area contributed by atoms with Gasteiger partial charge in [0.25, 0.3) is 5.91 Å². The van der Waals surface area contributed by atoms with Crippen LogP contribution in [0.15, 0.2) is 23.1 Å². The summed E-state index contributed by atoms with van der Waals surface area (Å²) < 4.78 is 36.9. The highest BCUT2D eigenvalue weighted by atomic mass is 32.2. The van der Waals surface area contributed by atoms with Crippen molar-refractivity contribution in [2.24, 2.45) is 10.6 Å². The van der Waals surface area contributed by atoms with Crippen LogP contribution in [0.25, 0.3) is 0 Å². The minimum Gasteiger partial charge on any atom is -0.396 e. The molecule has 1 heterocycles. The molecule has 1 aliphatic rings. The van der Waals surface area contributed by atoms with Crippen LogP contribution in [0.4, 0.5) is 4.39 Å². The van der Waals surface area contributed by atoms with Crippen molar-refractivity contribution in [1.82, 2.24) is 4.90 Å². The Hall–Kier alpha value is -1.51. The molecule has 0 saturated carbocycles. The number of primary sulfonamides is 1. The molecule has 2 rings (SSSR count). The van der Waals surface area contributed by atoms with E-state index < -0.39 is 21.7 Å². The standard InChI is InChI=1S/C16H23FN2O4S/c1-2-6-16(11-20)7-3-8-19(10-16)15(21)13-9-12(24(18,22)23)4-5-14(13)17/h4-5,9,20H,2-3,6-8,10-11H2,1H3,(H2,18,22,23)/t16-/m0/s1. The van der Waals surface area contributed by atoms with E-state index >= 15 is 0 Å². The van der Waals surface area contributed by atoms with Crippen molar-refractivity contribution in [3.63, 3.8) is 0 Å². The third-order valence-electron chi connectivity index (χ3n) is 4.56. The summed E-state index contributed by atoms with van der Waals surface area (Å²) in [5.74, 6) is -1.37. The molecular formula is C16H23FN2O4S. The third-order valence-corrected chi connectivity index (χ3v) is 5.47. The van der Waals surface area contributed by atoms with Gasteiger partial charge in [0.1, 0.15) is 5.82 Å². The number of nitrogens with two attached hydrogens (primary N) is 1. The first-order valence-corrected chi connectivity index (χ1v) is 9.49. The summed E-state index contributed by atoms with van der Waals surface area (Å²) in [4.78, 5) is 13.9. The molecule has 0 spiro atoms. The lowest BCUT2D eigenvalue weighted by molar-refractivity contribution is 0.0219. The monoisotopic (exact) mass is 358 g/mol. The van der Waals surface area contributed by atoms with Gasteiger partial charge >= 0.3 is 0 Å². The van der Waals surface area contributed by atoms with Gasteiger partial charge in [-0.05, 0) is 37.5 Å². The average molecular weight is 358 g/mol. The smallest absolute Gasteiger partial charge is 0.256 e. The molecule has 24 heavy (non-hydrogen) atoms. The molecule has 1 atom stereocenters. The van der Waals surface area contributed by atoms with Crippen LogP contribution in [0.2, 0.25) is 0 Å². The van der Waals surface area contributed by atoms with E-state index in [4.69, 9.17) is 5.14 Å². The van der Waals surface area contributed by atoms with Gasteiger partial charge in [0.15, 0.2) is 0 Å². The summed E-state index contributed by atoms with van der Waals surface area (Å²) in [7, 11) is -4.02. The number of carbonyl (C=O) groups is 1. The fraction of sp³-hybridized carbons (Fsp3) is 0.562. The number of nitrogens with zero attached hydrogens (tertiary/aromatic N) is 1. The number of aliphatic hydroxyl groups is 1. The lowest BCUT2D eigenvalue weighted by Gasteiger charge is -2.42. The molecule has 1 amide bonds. The number of likely N-dealkylation sites (tertiary alicyclic amines) is 1. The second-order valence-electron chi connectivity index (χ2n) is 6.43. The van der Waals surface area contributed by atoms with Crippen LogP contribution < -0.4 is 5.14 Å². The predicted octanol–water partition coefficient (Wildman–Crippen LogP) is 1.49. The molecule has 0 bridgehead atoms. The largest absolute Gasteiger partial charge is 0.396 e. The summed E-state index contributed by atoms with van der Waals surface area (Å²) >= 11 is 0. The van der Waals surface area contributed by atoms with Crippen LogP contribution in [0, 0.1) is 11.2 Å². The van der Waals surface area contributed by atoms with E-state index in [1.807, 2.05) is 6.92 Å². The van der Waals surface area contributed by atoms with Gasteiger partial charge in [-0.15, -0.1) is 0 Å². The van der Waals surface area contributed by atoms with Gasteiger partial charge in [-0.25, -0.2) is 17.9 Å². The molecule has 1 aromatic rings. The molecule has 0 unspecified atom stereocenters. The summed E-state index contributed by atoms with van der Waals surface area (Å²) in [5.41, 5.74) is -0.691. The quantitative estimate of drug-likeness (QED) is 0.833. The van der Waals surface area contributed by atoms with Crippen molar-refractivity contribution < 1.29 is 22.7 Å². The van der Waals surface area contributed by atoms with Crippen molar-refractivity contribution in [3.05, 3.63) is 29.6 Å². The molecule has 0 aromatic heterocycles. The fourth-order valence-corrected chi connectivity index (χ4v) is 3.88. The van der Waals surface area contributed by atoms with Gasteiger partial charge in [0.05, 0.1) is 17.1 Å². The summed E-state index contributed by atoms with van der Waals surface area (Å²) in [6, 6.07) is 2.94. The van der Waals surface area contributed by atoms with Crippen LogP contribution in [0.5, 0.6) is 0 Å². The van der Waals surface area contributed by atoms with Gasteiger partial charge in [0, 0.05) is 18.5 Å². The van der Waals surface area contributed by atoms with Crippen molar-refractivity contribution in [1.29, 1.82) is 0 Å². The Labute approximate surface area is 141 Å². The van der Waals surface area contributed by atoms with Gasteiger partial charge in [-0.3, -0.25) is 4.79 Å². The Kier molecular flexibility index (Phi) is 5.62. The second-order valence-corrected chi connectivity index (χ2v) is 7.99. The fourth-order valence-electron chi connectivity index (χ4n) is 3.34. The van der Waals surface area contributed by atoms with Crippen molar-refractivity contribution in [2.45, 2.75) is 37.5 Å². The number of sulfonamides is 1. The highest BCUT2D eigenvalue weighted by Crippen LogP contribution is 2.35. The molecule has 3 N–H and O–H groups in total. The summed E-state index contributed by atoms with van der Waals surface area (Å²) in [6.45, 7) is 2.75. The van der Waals surface area contributed by atoms with Crippen LogP contribution in [-0.4, -0.2) is 44.0 Å². The topological polar surface area (TPSA) is 101 Å². The number of amides is 1. The Balaban J connectivity index is 2.31. The lowest BCUT2D eigenvalue weighted by atomic mass is 9.77. The van der Waals surface area contributed by atoms with E-state index in [2.05, 4.69) is 0 Å². The van der Waals surface area contributed by atoms with Gasteiger partial charge in [-0.2, -0.15) is 0 Å². The number of rotatable bonds is 5. The number of hydrogen-bond acceptors (Lipinski definition) is 4. The Bertz CT molecular complexity index is 719. The van der Waals surface area contributed by atoms with E-state index in [-0.39, 0.29) is 22.5 Å². The Morgan fingerprint density at radius 1 is 1.46 bits per heavy atom. The molecule has 1 aliphatic heterocycles. The van der Waals surface area contributed by atoms with Gasteiger partial charge < -0.3 is 10.0 Å². The average Bonchev–Trinajstić information content (AvgIpc) is 2.54. The summed E-state index contributed by atoms with van der Waals surface area (Å²) in [6.07, 6.45) is 3.16. The number of aliphatic hydroxyl groups excluding tert-OH is 1. The van der Waals surface area contributed by atoms with E-state index in [1.54, 1.807) is 0 Å². The van der Waals surface area contributed by atoms with Crippen LogP contribution in [0.3, 0.4) is 0 Å². The number of hydrogen-bond donors (Lipinski definition) is 2. The first-order chi connectivity index (χ1) is 11.2. The molecule has 0 aliphatic carbocycles. The van der Waals surface area contributed by atoms with Gasteiger partial charge in [-0.1, -0.05) is 13.3 Å². The molecule has 8 heteroatoms. The zero-order valence-corrected chi connectivity index (χ0v) is 14.5. The zero-order valence-electron chi connectivity index (χ0n) is 13.7. The number of carbonyl (C=O) groups excluding carboxylic acids is 1. The lowest BCUT2D eigenvalue weighted by Crippen LogP contribution is -2.48. The van der Waals surface area contributed by atoms with E-state index in [1.165, 1.54) is 4.90 Å². The van der Waals surface area contributed by atoms with Crippen molar-refractivity contribution in [3.8, 4) is 0 Å². The minimum absolute atomic E-state index is 0.0374. The van der Waals surface area contributed by atoms with Crippen LogP contribution in [-0.2, 0) is 10.0 Å². The van der Waals surface area contributed by atoms with Gasteiger partial charge in [0.2, 0.25) is 10.0 Å². The number of benzene rings is 1. The van der Waals surface area contributed by atoms with Crippen molar-refractivity contribution in [2.75, 3.05) is 19.7 Å². The molecule has 1 aromatic carbocycles. The molecule has 1 saturated heterocycles. The maximum Gasteiger partial charge on any atom is 0.256 e. The van der Waals surface area contributed by atoms with Crippen LogP contribution >= 0.6 is 0 Å². The summed E-state index contributed by atoms with van der Waals surface area (Å²) in [5, 5.41) is 14.8. The molecule has 0 radical (unpaired) electrons. The molecular weight excluding hydrogens is 335 g/mol. The number of piperidine rings is 1. The predicted molar refractivity (Wildman–Crippen MR) is 87.3 cm³/mol. The minimum atomic E-state index is -4.02. The third kappa shape index (κ3) is 3.93. The SMILES string of the molecule is CCC[C@]1(CO)CCCN(C(=O)c2cc(S(N)(=O)=O)ccc2F)C1. The molecule has 6 nitrogen and oxygen atoms in total. The van der Waals surface area contributed by atoms with E-state index in [0.29, 0.717) is 19.5 Å². The number of halogens is 1. The van der Waals surface area contributed by atoms with Crippen molar-refractivity contribution >= 4 is 15.9 Å². The zero-order chi connectivity index (χ0) is 18.0. The molecule has 1 fully saturated rings. The van der Waals surface area contributed by atoms with Crippen LogP contribution in [0.1, 0.15) is 43.0 Å². The van der Waals surface area contributed by atoms with E-state index in [0.717, 1.165) is 37.5 Å². The van der Waals surface area contributed by atoms with E-state index in [9.17, 15) is 22.7 Å². The highest BCUT2D eigenvalue weighted by Gasteiger charge is 2.36. The molecule has 134 valence electrons.